The van der Waals surface area contributed by atoms with Crippen LogP contribution in [0.15, 0.2) is 24.3 Å². The maximum Gasteiger partial charge on any atom is 0.411 e. The third-order valence-electron chi connectivity index (χ3n) is 3.33. The molecule has 5 nitrogen and oxygen atoms in total. The Morgan fingerprint density at radius 3 is 2.42 bits per heavy atom. The number of hydrogen-bond acceptors (Lipinski definition) is 4. The van der Waals surface area contributed by atoms with Gasteiger partial charge in [-0.3, -0.25) is 5.32 Å². The summed E-state index contributed by atoms with van der Waals surface area (Å²) in [5, 5.41) is 2.70. The lowest BCUT2D eigenvalue weighted by atomic mass is 9.94. The van der Waals surface area contributed by atoms with Crippen LogP contribution in [0, 0.1) is 0 Å². The summed E-state index contributed by atoms with van der Waals surface area (Å²) in [6, 6.07) is 7.38. The molecule has 1 amide bonds. The Morgan fingerprint density at radius 2 is 1.84 bits per heavy atom. The standard InChI is InChI=1S/C14H20N2O3/c1-18-12-8-4-11(5-9-12)16-14(17)19-13-6-2-10(15)3-7-13/h4-5,8-10,13H,2-3,6-7,15H2,1H3,(H,16,17). The number of hydrogen-bond donors (Lipinski definition) is 2. The fourth-order valence-electron chi connectivity index (χ4n) is 2.18. The highest BCUT2D eigenvalue weighted by Gasteiger charge is 2.21. The maximum atomic E-state index is 11.7. The van der Waals surface area contributed by atoms with E-state index in [0.29, 0.717) is 5.69 Å². The lowest BCUT2D eigenvalue weighted by molar-refractivity contribution is 0.0826. The van der Waals surface area contributed by atoms with Gasteiger partial charge in [0.2, 0.25) is 0 Å². The molecule has 2 rings (SSSR count). The van der Waals surface area contributed by atoms with E-state index in [9.17, 15) is 4.79 Å². The summed E-state index contributed by atoms with van der Waals surface area (Å²) in [7, 11) is 1.60. The van der Waals surface area contributed by atoms with Crippen LogP contribution in [0.5, 0.6) is 5.75 Å². The summed E-state index contributed by atoms with van der Waals surface area (Å²) in [4.78, 5) is 11.7. The smallest absolute Gasteiger partial charge is 0.411 e. The quantitative estimate of drug-likeness (QED) is 0.879. The average molecular weight is 264 g/mol. The largest absolute Gasteiger partial charge is 0.497 e. The molecule has 0 saturated heterocycles. The molecule has 0 aliphatic heterocycles. The van der Waals surface area contributed by atoms with Crippen molar-refractivity contribution >= 4 is 11.8 Å². The Morgan fingerprint density at radius 1 is 1.21 bits per heavy atom. The van der Waals surface area contributed by atoms with E-state index >= 15 is 0 Å². The number of nitrogens with one attached hydrogen (secondary N) is 1. The maximum absolute atomic E-state index is 11.7. The van der Waals surface area contributed by atoms with Crippen LogP contribution in [0.1, 0.15) is 25.7 Å². The molecule has 3 N–H and O–H groups in total. The van der Waals surface area contributed by atoms with Crippen molar-refractivity contribution < 1.29 is 14.3 Å². The molecule has 1 aliphatic rings. The van der Waals surface area contributed by atoms with Crippen LogP contribution >= 0.6 is 0 Å². The molecule has 0 unspecified atom stereocenters. The van der Waals surface area contributed by atoms with Crippen LogP contribution in [0.2, 0.25) is 0 Å². The number of ether oxygens (including phenoxy) is 2. The third-order valence-corrected chi connectivity index (χ3v) is 3.33. The van der Waals surface area contributed by atoms with Gasteiger partial charge in [-0.05, 0) is 49.9 Å². The minimum Gasteiger partial charge on any atom is -0.497 e. The van der Waals surface area contributed by atoms with E-state index in [1.807, 2.05) is 0 Å². The molecular formula is C14H20N2O3. The van der Waals surface area contributed by atoms with Gasteiger partial charge in [0, 0.05) is 11.7 Å². The van der Waals surface area contributed by atoms with E-state index in [1.54, 1.807) is 31.4 Å². The predicted octanol–water partition coefficient (Wildman–Crippen LogP) is 2.51. The van der Waals surface area contributed by atoms with Crippen LogP contribution in [0.4, 0.5) is 10.5 Å². The van der Waals surface area contributed by atoms with Gasteiger partial charge in [0.15, 0.2) is 0 Å². The summed E-state index contributed by atoms with van der Waals surface area (Å²) < 4.78 is 10.4. The average Bonchev–Trinajstić information content (AvgIpc) is 2.42. The summed E-state index contributed by atoms with van der Waals surface area (Å²) in [5.74, 6) is 0.750. The Bertz CT molecular complexity index is 411. The normalized spacial score (nSPS) is 22.6. The molecule has 1 fully saturated rings. The van der Waals surface area contributed by atoms with Gasteiger partial charge in [0.1, 0.15) is 11.9 Å². The lowest BCUT2D eigenvalue weighted by Gasteiger charge is -2.25. The zero-order valence-electron chi connectivity index (χ0n) is 11.1. The third kappa shape index (κ3) is 4.13. The predicted molar refractivity (Wildman–Crippen MR) is 73.3 cm³/mol. The van der Waals surface area contributed by atoms with Gasteiger partial charge in [-0.1, -0.05) is 0 Å². The molecule has 104 valence electrons. The summed E-state index contributed by atoms with van der Waals surface area (Å²) in [5.41, 5.74) is 6.50. The minimum absolute atomic E-state index is 0.0157. The first-order valence-corrected chi connectivity index (χ1v) is 6.54. The number of carbonyl (C=O) groups excluding carboxylic acids is 1. The van der Waals surface area contributed by atoms with E-state index in [-0.39, 0.29) is 12.1 Å². The molecule has 5 heteroatoms. The molecule has 0 bridgehead atoms. The lowest BCUT2D eigenvalue weighted by Crippen LogP contribution is -2.32. The Labute approximate surface area is 113 Å². The van der Waals surface area contributed by atoms with E-state index in [0.717, 1.165) is 31.4 Å². The zero-order chi connectivity index (χ0) is 13.7. The number of anilines is 1. The van der Waals surface area contributed by atoms with Gasteiger partial charge in [-0.2, -0.15) is 0 Å². The molecule has 0 atom stereocenters. The van der Waals surface area contributed by atoms with Crippen LogP contribution in [-0.2, 0) is 4.74 Å². The number of nitrogens with two attached hydrogens (primary N) is 1. The summed E-state index contributed by atoms with van der Waals surface area (Å²) >= 11 is 0. The molecule has 1 aliphatic carbocycles. The molecule has 0 aromatic heterocycles. The highest BCUT2D eigenvalue weighted by Crippen LogP contribution is 2.21. The van der Waals surface area contributed by atoms with Gasteiger partial charge in [-0.15, -0.1) is 0 Å². The van der Waals surface area contributed by atoms with E-state index in [1.165, 1.54) is 0 Å². The van der Waals surface area contributed by atoms with E-state index < -0.39 is 6.09 Å². The van der Waals surface area contributed by atoms with Crippen molar-refractivity contribution in [1.82, 2.24) is 0 Å². The monoisotopic (exact) mass is 264 g/mol. The Kier molecular flexibility index (Phi) is 4.63. The van der Waals surface area contributed by atoms with Crippen molar-refractivity contribution in [1.29, 1.82) is 0 Å². The highest BCUT2D eigenvalue weighted by atomic mass is 16.6. The highest BCUT2D eigenvalue weighted by molar-refractivity contribution is 5.84. The van der Waals surface area contributed by atoms with Crippen LogP contribution in [0.3, 0.4) is 0 Å². The topological polar surface area (TPSA) is 73.6 Å². The molecule has 0 spiro atoms. The summed E-state index contributed by atoms with van der Waals surface area (Å²) in [6.45, 7) is 0. The van der Waals surface area contributed by atoms with Gasteiger partial charge in [0.05, 0.1) is 7.11 Å². The molecule has 0 heterocycles. The van der Waals surface area contributed by atoms with Crippen LogP contribution < -0.4 is 15.8 Å². The minimum atomic E-state index is -0.411. The van der Waals surface area contributed by atoms with Crippen molar-refractivity contribution in [2.75, 3.05) is 12.4 Å². The van der Waals surface area contributed by atoms with Gasteiger partial charge < -0.3 is 15.2 Å². The molecule has 19 heavy (non-hydrogen) atoms. The number of carbonyl (C=O) groups is 1. The Hall–Kier alpha value is -1.75. The van der Waals surface area contributed by atoms with Gasteiger partial charge in [-0.25, -0.2) is 4.79 Å². The first kappa shape index (κ1) is 13.7. The van der Waals surface area contributed by atoms with Gasteiger partial charge in [0.25, 0.3) is 0 Å². The number of amides is 1. The molecule has 1 aromatic rings. The fraction of sp³-hybridized carbons (Fsp3) is 0.500. The van der Waals surface area contributed by atoms with Crippen molar-refractivity contribution in [2.45, 2.75) is 37.8 Å². The molecule has 1 saturated carbocycles. The second-order valence-corrected chi connectivity index (χ2v) is 4.80. The summed E-state index contributed by atoms with van der Waals surface area (Å²) in [6.07, 6.45) is 3.10. The van der Waals surface area contributed by atoms with Gasteiger partial charge >= 0.3 is 6.09 Å². The molecule has 1 aromatic carbocycles. The first-order valence-electron chi connectivity index (χ1n) is 6.54. The second-order valence-electron chi connectivity index (χ2n) is 4.80. The second kappa shape index (κ2) is 6.43. The van der Waals surface area contributed by atoms with Crippen molar-refractivity contribution in [3.63, 3.8) is 0 Å². The fourth-order valence-corrected chi connectivity index (χ4v) is 2.18. The first-order chi connectivity index (χ1) is 9.17. The number of benzene rings is 1. The van der Waals surface area contributed by atoms with E-state index in [4.69, 9.17) is 15.2 Å². The number of methoxy groups -OCH3 is 1. The van der Waals surface area contributed by atoms with Crippen LogP contribution in [-0.4, -0.2) is 25.3 Å². The zero-order valence-corrected chi connectivity index (χ0v) is 11.1. The molecule has 0 radical (unpaired) electrons. The van der Waals surface area contributed by atoms with Crippen LogP contribution in [0.25, 0.3) is 0 Å². The van der Waals surface area contributed by atoms with Crippen molar-refractivity contribution in [3.05, 3.63) is 24.3 Å². The van der Waals surface area contributed by atoms with E-state index in [2.05, 4.69) is 5.32 Å². The van der Waals surface area contributed by atoms with Crippen molar-refractivity contribution in [2.24, 2.45) is 5.73 Å². The SMILES string of the molecule is COc1ccc(NC(=O)OC2CCC(N)CC2)cc1. The number of rotatable bonds is 3. The Balaban J connectivity index is 1.80. The molecular weight excluding hydrogens is 244 g/mol. The van der Waals surface area contributed by atoms with Crippen molar-refractivity contribution in [3.8, 4) is 5.75 Å².